The number of rotatable bonds is 0. The fraction of sp³-hybridized carbons (Fsp3) is 0.545. The molecule has 1 aromatic heterocycles. The molecule has 1 aromatic rings. The molecular weight excluding hydrogens is 208 g/mol. The van der Waals surface area contributed by atoms with E-state index in [-0.39, 0.29) is 11.8 Å². The van der Waals surface area contributed by atoms with Gasteiger partial charge in [-0.05, 0) is 25.7 Å². The Labute approximate surface area is 92.7 Å². The molecule has 2 rings (SSSR count). The van der Waals surface area contributed by atoms with Crippen molar-refractivity contribution in [2.45, 2.75) is 39.5 Å². The standard InChI is InChI=1S/C11H14N2O3/c1-7(14)12-9-5-3-4-6-10(9)13(8(2)15)11(12)16/h3-6H2,1-2H3. The third-order valence-corrected chi connectivity index (χ3v) is 2.96. The van der Waals surface area contributed by atoms with Crippen molar-refractivity contribution < 1.29 is 9.59 Å². The predicted molar refractivity (Wildman–Crippen MR) is 57.9 cm³/mol. The largest absolute Gasteiger partial charge is 0.342 e. The molecule has 0 N–H and O–H groups in total. The van der Waals surface area contributed by atoms with Crippen LogP contribution in [0.5, 0.6) is 0 Å². The predicted octanol–water partition coefficient (Wildman–Crippen LogP) is 0.849. The molecule has 0 aromatic carbocycles. The molecule has 0 radical (unpaired) electrons. The summed E-state index contributed by atoms with van der Waals surface area (Å²) in [5.41, 5.74) is 0.935. The van der Waals surface area contributed by atoms with E-state index in [0.29, 0.717) is 12.8 Å². The highest BCUT2D eigenvalue weighted by atomic mass is 16.2. The number of aromatic nitrogens is 2. The van der Waals surface area contributed by atoms with E-state index in [1.807, 2.05) is 0 Å². The Bertz CT molecular complexity index is 478. The Morgan fingerprint density at radius 2 is 1.31 bits per heavy atom. The first-order valence-electron chi connectivity index (χ1n) is 5.41. The number of carbonyl (C=O) groups is 2. The Hall–Kier alpha value is -1.65. The Balaban J connectivity index is 2.77. The van der Waals surface area contributed by atoms with E-state index < -0.39 is 5.69 Å². The summed E-state index contributed by atoms with van der Waals surface area (Å²) in [6.07, 6.45) is 3.32. The average Bonchev–Trinajstić information content (AvgIpc) is 2.49. The number of carbonyl (C=O) groups excluding carboxylic acids is 2. The molecule has 0 saturated heterocycles. The molecule has 0 unspecified atom stereocenters. The summed E-state index contributed by atoms with van der Waals surface area (Å²) < 4.78 is 2.27. The van der Waals surface area contributed by atoms with Crippen LogP contribution >= 0.6 is 0 Å². The fourth-order valence-corrected chi connectivity index (χ4v) is 2.34. The summed E-state index contributed by atoms with van der Waals surface area (Å²) in [6, 6.07) is 0. The molecular formula is C11H14N2O3. The van der Waals surface area contributed by atoms with Crippen molar-refractivity contribution >= 4 is 11.8 Å². The molecule has 0 atom stereocenters. The van der Waals surface area contributed by atoms with Crippen LogP contribution in [0, 0.1) is 0 Å². The van der Waals surface area contributed by atoms with Crippen LogP contribution in [0.3, 0.4) is 0 Å². The highest BCUT2D eigenvalue weighted by Crippen LogP contribution is 2.20. The number of hydrogen-bond acceptors (Lipinski definition) is 3. The lowest BCUT2D eigenvalue weighted by Gasteiger charge is -2.13. The third kappa shape index (κ3) is 1.43. The summed E-state index contributed by atoms with van der Waals surface area (Å²) in [5, 5.41) is 0. The second-order valence-corrected chi connectivity index (χ2v) is 4.09. The van der Waals surface area contributed by atoms with E-state index in [9.17, 15) is 14.4 Å². The second-order valence-electron chi connectivity index (χ2n) is 4.09. The first kappa shape index (κ1) is 10.9. The van der Waals surface area contributed by atoms with Crippen LogP contribution in [0.1, 0.15) is 47.7 Å². The SMILES string of the molecule is CC(=O)n1c2c(n(C(C)=O)c1=O)CCCC2. The fourth-order valence-electron chi connectivity index (χ4n) is 2.34. The lowest BCUT2D eigenvalue weighted by molar-refractivity contribution is 0.0919. The molecule has 1 aliphatic carbocycles. The molecule has 5 nitrogen and oxygen atoms in total. The van der Waals surface area contributed by atoms with Crippen molar-refractivity contribution in [2.75, 3.05) is 0 Å². The zero-order valence-electron chi connectivity index (χ0n) is 9.45. The lowest BCUT2D eigenvalue weighted by Crippen LogP contribution is -2.31. The zero-order chi connectivity index (χ0) is 11.9. The Kier molecular flexibility index (Phi) is 2.53. The minimum atomic E-state index is -0.507. The van der Waals surface area contributed by atoms with Gasteiger partial charge in [0.1, 0.15) is 0 Å². The van der Waals surface area contributed by atoms with Crippen LogP contribution in [0.2, 0.25) is 0 Å². The first-order chi connectivity index (χ1) is 7.54. The maximum absolute atomic E-state index is 11.9. The van der Waals surface area contributed by atoms with Crippen LogP contribution in [-0.4, -0.2) is 20.9 Å². The van der Waals surface area contributed by atoms with Crippen molar-refractivity contribution in [3.8, 4) is 0 Å². The molecule has 86 valence electrons. The minimum absolute atomic E-state index is 0.317. The summed E-state index contributed by atoms with van der Waals surface area (Å²) in [6.45, 7) is 2.70. The van der Waals surface area contributed by atoms with Gasteiger partial charge in [0.25, 0.3) is 0 Å². The van der Waals surface area contributed by atoms with Crippen molar-refractivity contribution in [3.63, 3.8) is 0 Å². The summed E-state index contributed by atoms with van der Waals surface area (Å²) in [5.74, 6) is -0.633. The molecule has 0 aliphatic heterocycles. The number of nitrogens with zero attached hydrogens (tertiary/aromatic N) is 2. The van der Waals surface area contributed by atoms with Crippen LogP contribution < -0.4 is 5.69 Å². The molecule has 1 heterocycles. The first-order valence-corrected chi connectivity index (χ1v) is 5.41. The summed E-state index contributed by atoms with van der Waals surface area (Å²) in [7, 11) is 0. The van der Waals surface area contributed by atoms with Crippen LogP contribution in [0.15, 0.2) is 4.79 Å². The maximum atomic E-state index is 11.9. The lowest BCUT2D eigenvalue weighted by atomic mass is 10.0. The highest BCUT2D eigenvalue weighted by Gasteiger charge is 2.25. The molecule has 5 heteroatoms. The van der Waals surface area contributed by atoms with Crippen LogP contribution in [0.25, 0.3) is 0 Å². The van der Waals surface area contributed by atoms with Gasteiger partial charge in [-0.3, -0.25) is 9.59 Å². The van der Waals surface area contributed by atoms with Gasteiger partial charge in [0.15, 0.2) is 0 Å². The zero-order valence-corrected chi connectivity index (χ0v) is 9.45. The molecule has 0 amide bonds. The smallest absolute Gasteiger partial charge is 0.274 e. The normalized spacial score (nSPS) is 14.6. The Morgan fingerprint density at radius 1 is 0.938 bits per heavy atom. The van der Waals surface area contributed by atoms with Gasteiger partial charge in [-0.25, -0.2) is 13.9 Å². The monoisotopic (exact) mass is 222 g/mol. The van der Waals surface area contributed by atoms with E-state index in [4.69, 9.17) is 0 Å². The van der Waals surface area contributed by atoms with Crippen LogP contribution in [0.4, 0.5) is 0 Å². The van der Waals surface area contributed by atoms with E-state index >= 15 is 0 Å². The minimum Gasteiger partial charge on any atom is -0.274 e. The average molecular weight is 222 g/mol. The molecule has 0 spiro atoms. The molecule has 1 aliphatic rings. The topological polar surface area (TPSA) is 61.1 Å². The van der Waals surface area contributed by atoms with Crippen molar-refractivity contribution in [2.24, 2.45) is 0 Å². The molecule has 16 heavy (non-hydrogen) atoms. The van der Waals surface area contributed by atoms with Crippen molar-refractivity contribution in [3.05, 3.63) is 21.9 Å². The van der Waals surface area contributed by atoms with Gasteiger partial charge in [0.05, 0.1) is 11.4 Å². The maximum Gasteiger partial charge on any atom is 0.342 e. The van der Waals surface area contributed by atoms with E-state index in [0.717, 1.165) is 33.4 Å². The molecule has 0 bridgehead atoms. The van der Waals surface area contributed by atoms with Crippen molar-refractivity contribution in [1.29, 1.82) is 0 Å². The number of imidazole rings is 1. The van der Waals surface area contributed by atoms with Gasteiger partial charge in [0, 0.05) is 13.8 Å². The summed E-state index contributed by atoms with van der Waals surface area (Å²) >= 11 is 0. The number of hydrogen-bond donors (Lipinski definition) is 0. The van der Waals surface area contributed by atoms with Gasteiger partial charge in [-0.2, -0.15) is 0 Å². The van der Waals surface area contributed by atoms with Gasteiger partial charge in [-0.15, -0.1) is 0 Å². The van der Waals surface area contributed by atoms with Crippen molar-refractivity contribution in [1.82, 2.24) is 9.13 Å². The molecule has 0 saturated carbocycles. The highest BCUT2D eigenvalue weighted by molar-refractivity contribution is 5.81. The Morgan fingerprint density at radius 3 is 1.62 bits per heavy atom. The van der Waals surface area contributed by atoms with E-state index in [2.05, 4.69) is 0 Å². The van der Waals surface area contributed by atoms with Gasteiger partial charge in [0.2, 0.25) is 11.8 Å². The van der Waals surface area contributed by atoms with Gasteiger partial charge >= 0.3 is 5.69 Å². The van der Waals surface area contributed by atoms with Gasteiger partial charge < -0.3 is 0 Å². The second kappa shape index (κ2) is 3.73. The van der Waals surface area contributed by atoms with E-state index in [1.54, 1.807) is 0 Å². The summed E-state index contributed by atoms with van der Waals surface area (Å²) in [4.78, 5) is 34.7. The number of fused-ring (bicyclic) bond motifs is 1. The third-order valence-electron chi connectivity index (χ3n) is 2.96. The van der Waals surface area contributed by atoms with E-state index in [1.165, 1.54) is 13.8 Å². The quantitative estimate of drug-likeness (QED) is 0.653. The van der Waals surface area contributed by atoms with Crippen LogP contribution in [-0.2, 0) is 12.8 Å². The molecule has 0 fully saturated rings. The van der Waals surface area contributed by atoms with Gasteiger partial charge in [-0.1, -0.05) is 0 Å².